The predicted molar refractivity (Wildman–Crippen MR) is 69.4 cm³/mol. The highest BCUT2D eigenvalue weighted by Gasteiger charge is 2.32. The molecule has 21 heavy (non-hydrogen) atoms. The van der Waals surface area contributed by atoms with Crippen LogP contribution in [0.25, 0.3) is 0 Å². The van der Waals surface area contributed by atoms with Gasteiger partial charge in [0.15, 0.2) is 5.43 Å². The highest BCUT2D eigenvalue weighted by molar-refractivity contribution is 5.36. The summed E-state index contributed by atoms with van der Waals surface area (Å²) in [5.74, 6) is 0.506. The van der Waals surface area contributed by atoms with Crippen LogP contribution >= 0.6 is 0 Å². The van der Waals surface area contributed by atoms with E-state index in [1.165, 1.54) is 30.5 Å². The Hall–Kier alpha value is -2.08. The summed E-state index contributed by atoms with van der Waals surface area (Å²) in [5.41, 5.74) is 0.769. The maximum absolute atomic E-state index is 12.7. The monoisotopic (exact) mass is 295 g/mol. The van der Waals surface area contributed by atoms with Crippen molar-refractivity contribution < 1.29 is 17.6 Å². The smallest absolute Gasteiger partial charge is 0.416 e. The zero-order valence-corrected chi connectivity index (χ0v) is 11.0. The maximum Gasteiger partial charge on any atom is 0.416 e. The van der Waals surface area contributed by atoms with Crippen molar-refractivity contribution in [2.45, 2.75) is 25.8 Å². The number of nitrogens with zero attached hydrogens (tertiary/aromatic N) is 1. The largest absolute Gasteiger partial charge is 0.468 e. The molecule has 0 aliphatic carbocycles. The highest BCUT2D eigenvalue weighted by atomic mass is 19.4. The van der Waals surface area contributed by atoms with E-state index in [9.17, 15) is 18.0 Å². The average Bonchev–Trinajstić information content (AvgIpc) is 2.78. The van der Waals surface area contributed by atoms with E-state index >= 15 is 0 Å². The summed E-state index contributed by atoms with van der Waals surface area (Å²) in [6.45, 7) is 1.36. The van der Waals surface area contributed by atoms with Crippen molar-refractivity contribution in [2.24, 2.45) is 0 Å². The number of benzene rings is 1. The van der Waals surface area contributed by atoms with Crippen LogP contribution in [0.15, 0.2) is 45.8 Å². The molecule has 0 bridgehead atoms. The van der Waals surface area contributed by atoms with Crippen LogP contribution in [-0.2, 0) is 25.8 Å². The molecule has 3 rings (SSSR count). The minimum atomic E-state index is -4.32. The zero-order chi connectivity index (χ0) is 15.0. The van der Waals surface area contributed by atoms with E-state index in [1.54, 1.807) is 0 Å². The molecule has 0 spiro atoms. The molecule has 1 aliphatic heterocycles. The van der Waals surface area contributed by atoms with Crippen molar-refractivity contribution >= 4 is 0 Å². The van der Waals surface area contributed by atoms with Gasteiger partial charge >= 0.3 is 6.18 Å². The maximum atomic E-state index is 12.7. The van der Waals surface area contributed by atoms with Crippen molar-refractivity contribution in [3.05, 3.63) is 69.3 Å². The summed E-state index contributed by atoms with van der Waals surface area (Å²) in [5, 5.41) is 0. The van der Waals surface area contributed by atoms with Gasteiger partial charge in [0.2, 0.25) is 0 Å². The normalized spacial score (nSPS) is 15.2. The number of halogens is 3. The summed E-state index contributed by atoms with van der Waals surface area (Å²) < 4.78 is 43.3. The minimum absolute atomic E-state index is 0.146. The number of hydrogen-bond donors (Lipinski definition) is 0. The minimum Gasteiger partial charge on any atom is -0.468 e. The zero-order valence-electron chi connectivity index (χ0n) is 11.0. The van der Waals surface area contributed by atoms with Gasteiger partial charge < -0.3 is 4.42 Å². The number of alkyl halides is 3. The van der Waals surface area contributed by atoms with Gasteiger partial charge in [0.05, 0.1) is 18.4 Å². The van der Waals surface area contributed by atoms with Gasteiger partial charge in [-0.3, -0.25) is 9.69 Å². The Bertz CT molecular complexity index is 721. The van der Waals surface area contributed by atoms with Gasteiger partial charge in [0, 0.05) is 25.2 Å². The Morgan fingerprint density at radius 3 is 2.57 bits per heavy atom. The fourth-order valence-electron chi connectivity index (χ4n) is 2.49. The van der Waals surface area contributed by atoms with Crippen LogP contribution < -0.4 is 5.43 Å². The third-order valence-electron chi connectivity index (χ3n) is 3.46. The molecule has 1 aromatic heterocycles. The molecule has 0 fully saturated rings. The number of rotatable bonds is 2. The molecule has 2 aromatic rings. The SMILES string of the molecule is O=c1ccoc(CN2Cc3ccc(C(F)(F)F)cc3C2)c1. The Morgan fingerprint density at radius 1 is 1.10 bits per heavy atom. The first-order valence-electron chi connectivity index (χ1n) is 6.41. The molecular weight excluding hydrogens is 283 g/mol. The molecule has 6 heteroatoms. The van der Waals surface area contributed by atoms with E-state index in [0.29, 0.717) is 31.0 Å². The molecule has 0 atom stereocenters. The van der Waals surface area contributed by atoms with E-state index in [1.807, 2.05) is 4.90 Å². The van der Waals surface area contributed by atoms with Gasteiger partial charge in [-0.15, -0.1) is 0 Å². The van der Waals surface area contributed by atoms with Crippen molar-refractivity contribution in [1.82, 2.24) is 4.90 Å². The third kappa shape index (κ3) is 3.00. The average molecular weight is 295 g/mol. The van der Waals surface area contributed by atoms with Crippen LogP contribution in [0, 0.1) is 0 Å². The van der Waals surface area contributed by atoms with Gasteiger partial charge in [-0.05, 0) is 23.3 Å². The van der Waals surface area contributed by atoms with Crippen LogP contribution in [0.4, 0.5) is 13.2 Å². The van der Waals surface area contributed by atoms with Gasteiger partial charge in [-0.1, -0.05) is 6.07 Å². The lowest BCUT2D eigenvalue weighted by molar-refractivity contribution is -0.137. The van der Waals surface area contributed by atoms with E-state index < -0.39 is 11.7 Å². The first kappa shape index (κ1) is 13.9. The number of fused-ring (bicyclic) bond motifs is 1. The van der Waals surface area contributed by atoms with Crippen molar-refractivity contribution in [3.63, 3.8) is 0 Å². The molecule has 1 aromatic carbocycles. The van der Waals surface area contributed by atoms with E-state index in [0.717, 1.165) is 11.6 Å². The Kier molecular flexibility index (Phi) is 3.33. The molecule has 3 nitrogen and oxygen atoms in total. The molecule has 110 valence electrons. The Balaban J connectivity index is 1.77. The van der Waals surface area contributed by atoms with Crippen LogP contribution in [0.5, 0.6) is 0 Å². The lowest BCUT2D eigenvalue weighted by atomic mass is 10.1. The third-order valence-corrected chi connectivity index (χ3v) is 3.46. The second-order valence-electron chi connectivity index (χ2n) is 5.06. The summed E-state index contributed by atoms with van der Waals surface area (Å²) in [6.07, 6.45) is -3.00. The molecule has 0 radical (unpaired) electrons. The second kappa shape index (κ2) is 5.04. The summed E-state index contributed by atoms with van der Waals surface area (Å²) in [6, 6.07) is 6.52. The highest BCUT2D eigenvalue weighted by Crippen LogP contribution is 2.33. The molecular formula is C15H12F3NO2. The fourth-order valence-corrected chi connectivity index (χ4v) is 2.49. The molecule has 0 amide bonds. The van der Waals surface area contributed by atoms with Crippen molar-refractivity contribution in [2.75, 3.05) is 0 Å². The van der Waals surface area contributed by atoms with Crippen molar-refractivity contribution in [1.29, 1.82) is 0 Å². The van der Waals surface area contributed by atoms with Gasteiger partial charge in [0.25, 0.3) is 0 Å². The van der Waals surface area contributed by atoms with Crippen LogP contribution in [-0.4, -0.2) is 4.90 Å². The second-order valence-corrected chi connectivity index (χ2v) is 5.06. The summed E-state index contributed by atoms with van der Waals surface area (Å²) in [4.78, 5) is 13.2. The summed E-state index contributed by atoms with van der Waals surface area (Å²) >= 11 is 0. The lowest BCUT2D eigenvalue weighted by Crippen LogP contribution is -2.16. The van der Waals surface area contributed by atoms with Crippen LogP contribution in [0.1, 0.15) is 22.5 Å². The Morgan fingerprint density at radius 2 is 1.86 bits per heavy atom. The topological polar surface area (TPSA) is 33.5 Å². The van der Waals surface area contributed by atoms with Crippen LogP contribution in [0.3, 0.4) is 0 Å². The van der Waals surface area contributed by atoms with E-state index in [2.05, 4.69) is 0 Å². The number of hydrogen-bond acceptors (Lipinski definition) is 3. The van der Waals surface area contributed by atoms with E-state index in [4.69, 9.17) is 4.42 Å². The first-order chi connectivity index (χ1) is 9.91. The molecule has 1 aliphatic rings. The summed E-state index contributed by atoms with van der Waals surface area (Å²) in [7, 11) is 0. The molecule has 0 unspecified atom stereocenters. The van der Waals surface area contributed by atoms with E-state index in [-0.39, 0.29) is 5.43 Å². The van der Waals surface area contributed by atoms with Gasteiger partial charge in [-0.25, -0.2) is 0 Å². The predicted octanol–water partition coefficient (Wildman–Crippen LogP) is 3.17. The van der Waals surface area contributed by atoms with Gasteiger partial charge in [0.1, 0.15) is 5.76 Å². The first-order valence-corrected chi connectivity index (χ1v) is 6.41. The quantitative estimate of drug-likeness (QED) is 0.853. The molecule has 0 saturated carbocycles. The van der Waals surface area contributed by atoms with Crippen LogP contribution in [0.2, 0.25) is 0 Å². The van der Waals surface area contributed by atoms with Gasteiger partial charge in [-0.2, -0.15) is 13.2 Å². The Labute approximate surface area is 118 Å². The standard InChI is InChI=1S/C15H12F3NO2/c16-15(17,18)12-2-1-10-7-19(8-11(10)5-12)9-14-6-13(20)3-4-21-14/h1-6H,7-9H2. The fraction of sp³-hybridized carbons (Fsp3) is 0.267. The molecule has 2 heterocycles. The lowest BCUT2D eigenvalue weighted by Gasteiger charge is -2.13. The molecule has 0 N–H and O–H groups in total. The molecule has 0 saturated heterocycles. The van der Waals surface area contributed by atoms with Crippen molar-refractivity contribution in [3.8, 4) is 0 Å².